The monoisotopic (exact) mass is 247 g/mol. The van der Waals surface area contributed by atoms with Crippen molar-refractivity contribution in [3.63, 3.8) is 0 Å². The van der Waals surface area contributed by atoms with E-state index in [4.69, 9.17) is 5.26 Å². The Morgan fingerprint density at radius 2 is 2.33 bits per heavy atom. The van der Waals surface area contributed by atoms with Crippen LogP contribution in [0, 0.1) is 17.1 Å². The molecule has 1 unspecified atom stereocenters. The summed E-state index contributed by atoms with van der Waals surface area (Å²) in [6.45, 7) is 3.56. The van der Waals surface area contributed by atoms with Crippen LogP contribution in [0.15, 0.2) is 18.2 Å². The molecule has 96 valence electrons. The van der Waals surface area contributed by atoms with Gasteiger partial charge in [0.2, 0.25) is 0 Å². The Labute approximate surface area is 107 Å². The maximum absolute atomic E-state index is 13.3. The maximum atomic E-state index is 13.3. The van der Waals surface area contributed by atoms with Crippen LogP contribution >= 0.6 is 0 Å². The molecular formula is C14H18FN3. The van der Waals surface area contributed by atoms with E-state index in [1.807, 2.05) is 13.0 Å². The summed E-state index contributed by atoms with van der Waals surface area (Å²) in [5, 5.41) is 12.1. The third kappa shape index (κ3) is 2.46. The van der Waals surface area contributed by atoms with Crippen molar-refractivity contribution in [2.45, 2.75) is 25.3 Å². The van der Waals surface area contributed by atoms with Crippen molar-refractivity contribution < 1.29 is 4.39 Å². The molecule has 4 heteroatoms. The normalized spacial score (nSPS) is 17.1. The van der Waals surface area contributed by atoms with Gasteiger partial charge < -0.3 is 10.2 Å². The Kier molecular flexibility index (Phi) is 3.53. The first-order valence-corrected chi connectivity index (χ1v) is 6.21. The van der Waals surface area contributed by atoms with Crippen molar-refractivity contribution in [1.82, 2.24) is 5.32 Å². The summed E-state index contributed by atoms with van der Waals surface area (Å²) in [5.74, 6) is -0.197. The second-order valence-electron chi connectivity index (χ2n) is 4.95. The lowest BCUT2D eigenvalue weighted by atomic mass is 10.00. The lowest BCUT2D eigenvalue weighted by Gasteiger charge is -2.26. The molecule has 0 fully saturated rings. The summed E-state index contributed by atoms with van der Waals surface area (Å²) >= 11 is 0. The Morgan fingerprint density at radius 3 is 3.00 bits per heavy atom. The molecule has 0 bridgehead atoms. The van der Waals surface area contributed by atoms with Gasteiger partial charge in [-0.2, -0.15) is 5.26 Å². The number of rotatable bonds is 4. The number of hydrogen-bond acceptors (Lipinski definition) is 3. The first-order chi connectivity index (χ1) is 8.58. The second kappa shape index (κ2) is 4.95. The van der Waals surface area contributed by atoms with Gasteiger partial charge in [-0.15, -0.1) is 0 Å². The second-order valence-corrected chi connectivity index (χ2v) is 4.95. The molecule has 2 rings (SSSR count). The first kappa shape index (κ1) is 12.8. The van der Waals surface area contributed by atoms with Crippen LogP contribution in [0.5, 0.6) is 0 Å². The number of nitrogens with one attached hydrogen (secondary N) is 1. The molecule has 1 N–H and O–H groups in total. The van der Waals surface area contributed by atoms with E-state index in [1.54, 1.807) is 13.1 Å². The summed E-state index contributed by atoms with van der Waals surface area (Å²) in [6.07, 6.45) is 1.67. The van der Waals surface area contributed by atoms with E-state index in [1.165, 1.54) is 11.6 Å². The molecule has 1 aliphatic heterocycles. The molecule has 0 aromatic heterocycles. The van der Waals surface area contributed by atoms with Gasteiger partial charge in [0.25, 0.3) is 0 Å². The minimum atomic E-state index is -0.518. The standard InChI is InChI=1S/C14H18FN3/c1-14(10-16,17-2)6-8-18-7-5-11-3-4-12(15)9-13(11)18/h3-4,9,17H,5-8H2,1-2H3. The van der Waals surface area contributed by atoms with Gasteiger partial charge in [0.05, 0.1) is 6.07 Å². The van der Waals surface area contributed by atoms with Crippen molar-refractivity contribution >= 4 is 5.69 Å². The topological polar surface area (TPSA) is 39.1 Å². The molecule has 0 amide bonds. The van der Waals surface area contributed by atoms with Crippen molar-refractivity contribution in [3.8, 4) is 6.07 Å². The average Bonchev–Trinajstić information content (AvgIpc) is 2.78. The third-order valence-electron chi connectivity index (χ3n) is 3.72. The van der Waals surface area contributed by atoms with Crippen LogP contribution in [-0.4, -0.2) is 25.7 Å². The fourth-order valence-corrected chi connectivity index (χ4v) is 2.25. The Balaban J connectivity index is 2.06. The molecule has 0 radical (unpaired) electrons. The van der Waals surface area contributed by atoms with E-state index in [9.17, 15) is 4.39 Å². The zero-order chi connectivity index (χ0) is 13.2. The van der Waals surface area contributed by atoms with Gasteiger partial charge in [-0.05, 0) is 44.5 Å². The van der Waals surface area contributed by atoms with Crippen LogP contribution in [0.3, 0.4) is 0 Å². The molecule has 0 aliphatic carbocycles. The Bertz CT molecular complexity index is 480. The van der Waals surface area contributed by atoms with Crippen LogP contribution in [0.1, 0.15) is 18.9 Å². The molecule has 1 aromatic carbocycles. The number of nitriles is 1. The van der Waals surface area contributed by atoms with Gasteiger partial charge >= 0.3 is 0 Å². The number of nitrogens with zero attached hydrogens (tertiary/aromatic N) is 2. The van der Waals surface area contributed by atoms with E-state index < -0.39 is 5.54 Å². The molecule has 1 aliphatic rings. The summed E-state index contributed by atoms with van der Waals surface area (Å²) in [4.78, 5) is 2.16. The molecule has 1 atom stereocenters. The highest BCUT2D eigenvalue weighted by Crippen LogP contribution is 2.29. The molecule has 1 heterocycles. The highest BCUT2D eigenvalue weighted by atomic mass is 19.1. The van der Waals surface area contributed by atoms with E-state index in [0.717, 1.165) is 31.6 Å². The lowest BCUT2D eigenvalue weighted by molar-refractivity contribution is 0.455. The van der Waals surface area contributed by atoms with Gasteiger partial charge in [0, 0.05) is 18.8 Å². The van der Waals surface area contributed by atoms with Crippen LogP contribution in [0.4, 0.5) is 10.1 Å². The SMILES string of the molecule is CNC(C)(C#N)CCN1CCc2ccc(F)cc21. The minimum Gasteiger partial charge on any atom is -0.371 e. The van der Waals surface area contributed by atoms with Crippen molar-refractivity contribution in [3.05, 3.63) is 29.6 Å². The summed E-state index contributed by atoms with van der Waals surface area (Å²) in [5.41, 5.74) is 1.65. The molecular weight excluding hydrogens is 229 g/mol. The van der Waals surface area contributed by atoms with Crippen molar-refractivity contribution in [1.29, 1.82) is 5.26 Å². The molecule has 1 aromatic rings. The number of fused-ring (bicyclic) bond motifs is 1. The summed E-state index contributed by atoms with van der Waals surface area (Å²) < 4.78 is 13.3. The van der Waals surface area contributed by atoms with E-state index >= 15 is 0 Å². The van der Waals surface area contributed by atoms with E-state index in [-0.39, 0.29) is 5.82 Å². The molecule has 0 saturated carbocycles. The summed E-state index contributed by atoms with van der Waals surface area (Å²) in [7, 11) is 1.79. The zero-order valence-corrected chi connectivity index (χ0v) is 10.8. The average molecular weight is 247 g/mol. The van der Waals surface area contributed by atoms with E-state index in [0.29, 0.717) is 0 Å². The fourth-order valence-electron chi connectivity index (χ4n) is 2.25. The predicted octanol–water partition coefficient (Wildman–Crippen LogP) is 2.08. The van der Waals surface area contributed by atoms with Crippen molar-refractivity contribution in [2.75, 3.05) is 25.0 Å². The van der Waals surface area contributed by atoms with Crippen LogP contribution in [0.2, 0.25) is 0 Å². The Morgan fingerprint density at radius 1 is 1.56 bits per heavy atom. The largest absolute Gasteiger partial charge is 0.371 e. The van der Waals surface area contributed by atoms with Gasteiger partial charge in [0.15, 0.2) is 0 Å². The summed E-state index contributed by atoms with van der Waals surface area (Å²) in [6, 6.07) is 7.23. The minimum absolute atomic E-state index is 0.197. The van der Waals surface area contributed by atoms with Gasteiger partial charge in [-0.25, -0.2) is 4.39 Å². The molecule has 0 spiro atoms. The quantitative estimate of drug-likeness (QED) is 0.885. The van der Waals surface area contributed by atoms with Crippen LogP contribution in [0.25, 0.3) is 0 Å². The smallest absolute Gasteiger partial charge is 0.125 e. The van der Waals surface area contributed by atoms with E-state index in [2.05, 4.69) is 16.3 Å². The predicted molar refractivity (Wildman–Crippen MR) is 70.0 cm³/mol. The number of benzene rings is 1. The highest BCUT2D eigenvalue weighted by Gasteiger charge is 2.25. The zero-order valence-electron chi connectivity index (χ0n) is 10.8. The number of hydrogen-bond donors (Lipinski definition) is 1. The lowest BCUT2D eigenvalue weighted by Crippen LogP contribution is -2.41. The van der Waals surface area contributed by atoms with Gasteiger partial charge in [-0.3, -0.25) is 0 Å². The Hall–Kier alpha value is -1.60. The number of halogens is 1. The van der Waals surface area contributed by atoms with Gasteiger partial charge in [0.1, 0.15) is 11.4 Å². The van der Waals surface area contributed by atoms with Crippen molar-refractivity contribution in [2.24, 2.45) is 0 Å². The highest BCUT2D eigenvalue weighted by molar-refractivity contribution is 5.58. The first-order valence-electron chi connectivity index (χ1n) is 6.21. The van der Waals surface area contributed by atoms with Crippen LogP contribution < -0.4 is 10.2 Å². The van der Waals surface area contributed by atoms with Gasteiger partial charge in [-0.1, -0.05) is 6.07 Å². The maximum Gasteiger partial charge on any atom is 0.125 e. The van der Waals surface area contributed by atoms with Crippen LogP contribution in [-0.2, 0) is 6.42 Å². The fraction of sp³-hybridized carbons (Fsp3) is 0.500. The molecule has 18 heavy (non-hydrogen) atoms. The molecule has 0 saturated heterocycles. The number of anilines is 1. The third-order valence-corrected chi connectivity index (χ3v) is 3.72. The molecule has 3 nitrogen and oxygen atoms in total.